The molecule has 1 aliphatic heterocycles. The maximum absolute atomic E-state index is 11.7. The predicted molar refractivity (Wildman–Crippen MR) is 138 cm³/mol. The fraction of sp³-hybridized carbons (Fsp3) is 0.400. The van der Waals surface area contributed by atoms with E-state index in [1.54, 1.807) is 24.6 Å². The molecule has 10 heteroatoms. The number of methoxy groups -OCH3 is 1. The lowest BCUT2D eigenvalue weighted by Crippen LogP contribution is -2.36. The summed E-state index contributed by atoms with van der Waals surface area (Å²) in [6.45, 7) is 7.14. The van der Waals surface area contributed by atoms with Crippen molar-refractivity contribution in [3.05, 3.63) is 52.8 Å². The Hall–Kier alpha value is -3.37. The van der Waals surface area contributed by atoms with Crippen LogP contribution in [0.1, 0.15) is 13.3 Å². The molecule has 0 saturated carbocycles. The average molecular weight is 497 g/mol. The number of pyridine rings is 1. The molecule has 35 heavy (non-hydrogen) atoms. The number of nitrogens with zero attached hydrogens (tertiary/aromatic N) is 4. The third kappa shape index (κ3) is 6.61. The number of nitrogens with one attached hydrogen (secondary N) is 2. The number of carbonyl (C=O) groups excluding carboxylic acids is 1. The highest BCUT2D eigenvalue weighted by atomic mass is 32.1. The standard InChI is InChI=1S/C25H32N6O3S/c1-3-26-24(32)27-11-4-12-31-22(18-35-25(31)29-23-10-9-21(33-2)17-28-23)19-5-7-20(8-6-19)30-13-15-34-16-14-30/h5-10,17-18H,3-4,11-16H2,1-2H3,(H2,26,27,32). The molecule has 9 nitrogen and oxygen atoms in total. The molecule has 1 aromatic carbocycles. The van der Waals surface area contributed by atoms with Gasteiger partial charge in [0.05, 0.1) is 32.2 Å². The van der Waals surface area contributed by atoms with Crippen LogP contribution in [0, 0.1) is 0 Å². The van der Waals surface area contributed by atoms with Crippen molar-refractivity contribution < 1.29 is 14.3 Å². The van der Waals surface area contributed by atoms with Gasteiger partial charge in [-0.05, 0) is 43.2 Å². The van der Waals surface area contributed by atoms with Crippen LogP contribution in [0.15, 0.2) is 53.0 Å². The van der Waals surface area contributed by atoms with Crippen molar-refractivity contribution in [1.82, 2.24) is 20.2 Å². The van der Waals surface area contributed by atoms with Crippen LogP contribution in [-0.2, 0) is 11.3 Å². The minimum Gasteiger partial charge on any atom is -0.495 e. The van der Waals surface area contributed by atoms with Crippen LogP contribution in [0.25, 0.3) is 11.3 Å². The van der Waals surface area contributed by atoms with E-state index in [1.165, 1.54) is 5.69 Å². The molecule has 1 fully saturated rings. The van der Waals surface area contributed by atoms with E-state index in [9.17, 15) is 4.79 Å². The number of rotatable bonds is 9. The van der Waals surface area contributed by atoms with E-state index in [-0.39, 0.29) is 6.03 Å². The van der Waals surface area contributed by atoms with Crippen molar-refractivity contribution in [2.75, 3.05) is 51.4 Å². The SMILES string of the molecule is CCNC(=O)NCCCn1c(-c2ccc(N3CCOCC3)cc2)csc1=Nc1ccc(OC)cn1. The fourth-order valence-electron chi connectivity index (χ4n) is 3.85. The number of benzene rings is 1. The molecule has 0 radical (unpaired) electrons. The third-order valence-corrected chi connectivity index (χ3v) is 6.55. The zero-order valence-electron chi connectivity index (χ0n) is 20.2. The number of urea groups is 1. The summed E-state index contributed by atoms with van der Waals surface area (Å²) < 4.78 is 12.9. The maximum Gasteiger partial charge on any atom is 0.314 e. The largest absolute Gasteiger partial charge is 0.495 e. The van der Waals surface area contributed by atoms with Gasteiger partial charge in [0.2, 0.25) is 0 Å². The van der Waals surface area contributed by atoms with Gasteiger partial charge in [-0.25, -0.2) is 14.8 Å². The second kappa shape index (κ2) is 12.4. The van der Waals surface area contributed by atoms with Gasteiger partial charge >= 0.3 is 6.03 Å². The van der Waals surface area contributed by atoms with Crippen molar-refractivity contribution in [2.45, 2.75) is 19.9 Å². The molecule has 3 aromatic rings. The van der Waals surface area contributed by atoms with E-state index >= 15 is 0 Å². The summed E-state index contributed by atoms with van der Waals surface area (Å²) in [5, 5.41) is 7.79. The Labute approximate surface area is 209 Å². The highest BCUT2D eigenvalue weighted by Crippen LogP contribution is 2.25. The van der Waals surface area contributed by atoms with Gasteiger partial charge in [-0.15, -0.1) is 11.3 Å². The second-order valence-electron chi connectivity index (χ2n) is 8.01. The Morgan fingerprint density at radius 1 is 1.17 bits per heavy atom. The lowest BCUT2D eigenvalue weighted by molar-refractivity contribution is 0.122. The Morgan fingerprint density at radius 2 is 1.97 bits per heavy atom. The molecule has 3 heterocycles. The molecule has 2 aromatic heterocycles. The van der Waals surface area contributed by atoms with Crippen molar-refractivity contribution in [2.24, 2.45) is 4.99 Å². The molecule has 0 aliphatic carbocycles. The van der Waals surface area contributed by atoms with Gasteiger partial charge in [0.25, 0.3) is 0 Å². The minimum atomic E-state index is -0.144. The van der Waals surface area contributed by atoms with Crippen molar-refractivity contribution in [1.29, 1.82) is 0 Å². The number of aromatic nitrogens is 2. The van der Waals surface area contributed by atoms with Crippen LogP contribution in [0.3, 0.4) is 0 Å². The minimum absolute atomic E-state index is 0.144. The molecular weight excluding hydrogens is 464 g/mol. The van der Waals surface area contributed by atoms with Crippen molar-refractivity contribution >= 4 is 28.9 Å². The van der Waals surface area contributed by atoms with E-state index in [1.807, 2.05) is 19.1 Å². The first kappa shape index (κ1) is 24.7. The summed E-state index contributed by atoms with van der Waals surface area (Å²) in [5.41, 5.74) is 3.42. The zero-order chi connectivity index (χ0) is 24.5. The number of anilines is 1. The van der Waals surface area contributed by atoms with E-state index in [0.29, 0.717) is 31.2 Å². The third-order valence-electron chi connectivity index (χ3n) is 5.68. The highest BCUT2D eigenvalue weighted by Gasteiger charge is 2.13. The van der Waals surface area contributed by atoms with Gasteiger partial charge in [0.1, 0.15) is 5.75 Å². The van der Waals surface area contributed by atoms with Crippen molar-refractivity contribution in [3.8, 4) is 17.0 Å². The summed E-state index contributed by atoms with van der Waals surface area (Å²) in [4.78, 5) is 24.1. The van der Waals surface area contributed by atoms with Crippen LogP contribution in [0.2, 0.25) is 0 Å². The molecule has 0 unspecified atom stereocenters. The predicted octanol–water partition coefficient (Wildman–Crippen LogP) is 3.40. The number of thiazole rings is 1. The van der Waals surface area contributed by atoms with Gasteiger partial charge < -0.3 is 29.6 Å². The summed E-state index contributed by atoms with van der Waals surface area (Å²) >= 11 is 1.58. The number of ether oxygens (including phenoxy) is 2. The maximum atomic E-state index is 11.7. The molecule has 2 N–H and O–H groups in total. The number of morpholine rings is 1. The Morgan fingerprint density at radius 3 is 2.66 bits per heavy atom. The molecule has 1 aliphatic rings. The first-order valence-corrected chi connectivity index (χ1v) is 12.7. The molecule has 186 valence electrons. The first-order valence-electron chi connectivity index (χ1n) is 11.9. The Balaban J connectivity index is 1.57. The molecule has 0 atom stereocenters. The zero-order valence-corrected chi connectivity index (χ0v) is 21.0. The molecule has 0 bridgehead atoms. The number of amides is 2. The molecule has 4 rings (SSSR count). The Kier molecular flexibility index (Phi) is 8.74. The van der Waals surface area contributed by atoms with Gasteiger partial charge in [0.15, 0.2) is 10.6 Å². The molecule has 0 spiro atoms. The van der Waals surface area contributed by atoms with Gasteiger partial charge in [-0.2, -0.15) is 0 Å². The molecular formula is C25H32N6O3S. The van der Waals surface area contributed by atoms with Gasteiger partial charge in [-0.3, -0.25) is 0 Å². The summed E-state index contributed by atoms with van der Waals surface area (Å²) in [6.07, 6.45) is 2.44. The summed E-state index contributed by atoms with van der Waals surface area (Å²) in [6, 6.07) is 12.2. The molecule has 2 amide bonds. The summed E-state index contributed by atoms with van der Waals surface area (Å²) in [5.74, 6) is 1.32. The molecule has 1 saturated heterocycles. The van der Waals surface area contributed by atoms with Crippen LogP contribution >= 0.6 is 11.3 Å². The topological polar surface area (TPSA) is 93.0 Å². The van der Waals surface area contributed by atoms with Crippen LogP contribution in [0.5, 0.6) is 5.75 Å². The average Bonchev–Trinajstić information content (AvgIpc) is 3.30. The van der Waals surface area contributed by atoms with E-state index in [0.717, 1.165) is 48.8 Å². The Bertz CT molecular complexity index is 1150. The van der Waals surface area contributed by atoms with E-state index < -0.39 is 0 Å². The normalized spacial score (nSPS) is 14.1. The fourth-order valence-corrected chi connectivity index (χ4v) is 4.79. The number of hydrogen-bond donors (Lipinski definition) is 2. The second-order valence-corrected chi connectivity index (χ2v) is 8.85. The van der Waals surface area contributed by atoms with Crippen molar-refractivity contribution in [3.63, 3.8) is 0 Å². The first-order chi connectivity index (χ1) is 17.2. The monoisotopic (exact) mass is 496 g/mol. The van der Waals surface area contributed by atoms with Gasteiger partial charge in [-0.1, -0.05) is 12.1 Å². The van der Waals surface area contributed by atoms with Crippen LogP contribution < -0.4 is 25.1 Å². The summed E-state index contributed by atoms with van der Waals surface area (Å²) in [7, 11) is 1.62. The van der Waals surface area contributed by atoms with E-state index in [4.69, 9.17) is 14.5 Å². The van der Waals surface area contributed by atoms with E-state index in [2.05, 4.69) is 54.7 Å². The smallest absolute Gasteiger partial charge is 0.314 e. The number of carbonyl (C=O) groups is 1. The van der Waals surface area contributed by atoms with Crippen LogP contribution in [0.4, 0.5) is 16.3 Å². The lowest BCUT2D eigenvalue weighted by atomic mass is 10.1. The van der Waals surface area contributed by atoms with Crippen LogP contribution in [-0.4, -0.2) is 62.1 Å². The lowest BCUT2D eigenvalue weighted by Gasteiger charge is -2.28. The number of hydrogen-bond acceptors (Lipinski definition) is 7. The van der Waals surface area contributed by atoms with Gasteiger partial charge in [0, 0.05) is 43.8 Å². The highest BCUT2D eigenvalue weighted by molar-refractivity contribution is 7.07. The quantitative estimate of drug-likeness (QED) is 0.443.